The normalized spacial score (nSPS) is 17.9. The topological polar surface area (TPSA) is 12.0 Å². The van der Waals surface area contributed by atoms with Gasteiger partial charge < -0.3 is 5.32 Å². The van der Waals surface area contributed by atoms with Crippen LogP contribution in [0.3, 0.4) is 0 Å². The molecular formula is C13H17Cl2N. The first-order valence-electron chi connectivity index (χ1n) is 5.87. The fourth-order valence-corrected chi connectivity index (χ4v) is 2.46. The summed E-state index contributed by atoms with van der Waals surface area (Å²) in [7, 11) is 0. The van der Waals surface area contributed by atoms with E-state index in [1.165, 1.54) is 25.7 Å². The van der Waals surface area contributed by atoms with Crippen LogP contribution in [-0.4, -0.2) is 6.04 Å². The molecule has 88 valence electrons. The van der Waals surface area contributed by atoms with E-state index in [1.54, 1.807) is 0 Å². The highest BCUT2D eigenvalue weighted by molar-refractivity contribution is 6.42. The Morgan fingerprint density at radius 2 is 2.06 bits per heavy atom. The van der Waals surface area contributed by atoms with E-state index < -0.39 is 0 Å². The summed E-state index contributed by atoms with van der Waals surface area (Å²) in [4.78, 5) is 0. The van der Waals surface area contributed by atoms with Crippen LogP contribution in [0.25, 0.3) is 0 Å². The van der Waals surface area contributed by atoms with E-state index in [0.717, 1.165) is 11.6 Å². The number of halogens is 2. The van der Waals surface area contributed by atoms with Crippen LogP contribution in [-0.2, 0) is 0 Å². The fraction of sp³-hybridized carbons (Fsp3) is 0.538. The predicted octanol–water partition coefficient (Wildman–Crippen LogP) is 4.98. The van der Waals surface area contributed by atoms with Crippen LogP contribution in [0.15, 0.2) is 18.2 Å². The van der Waals surface area contributed by atoms with Gasteiger partial charge in [-0.05, 0) is 37.5 Å². The smallest absolute Gasteiger partial charge is 0.0612 e. The van der Waals surface area contributed by atoms with Crippen molar-refractivity contribution in [2.45, 2.75) is 38.6 Å². The molecule has 0 radical (unpaired) electrons. The number of benzene rings is 1. The van der Waals surface area contributed by atoms with Crippen molar-refractivity contribution < 1.29 is 0 Å². The summed E-state index contributed by atoms with van der Waals surface area (Å²) in [5, 5.41) is 4.69. The van der Waals surface area contributed by atoms with Crippen molar-refractivity contribution in [1.82, 2.24) is 0 Å². The molecule has 1 aromatic carbocycles. The minimum absolute atomic E-state index is 0.502. The zero-order chi connectivity index (χ0) is 11.5. The van der Waals surface area contributed by atoms with Gasteiger partial charge in [-0.15, -0.1) is 0 Å². The Balaban J connectivity index is 1.89. The van der Waals surface area contributed by atoms with Crippen LogP contribution < -0.4 is 5.32 Å². The molecule has 1 atom stereocenters. The number of hydrogen-bond donors (Lipinski definition) is 1. The van der Waals surface area contributed by atoms with Crippen LogP contribution >= 0.6 is 23.2 Å². The maximum absolute atomic E-state index is 5.97. The van der Waals surface area contributed by atoms with E-state index in [4.69, 9.17) is 23.2 Å². The molecule has 1 aliphatic rings. The molecule has 1 fully saturated rings. The first-order valence-corrected chi connectivity index (χ1v) is 6.62. The van der Waals surface area contributed by atoms with Crippen molar-refractivity contribution in [3.05, 3.63) is 28.2 Å². The summed E-state index contributed by atoms with van der Waals surface area (Å²) in [6.07, 6.45) is 5.45. The molecule has 0 bridgehead atoms. The minimum atomic E-state index is 0.502. The van der Waals surface area contributed by atoms with Crippen LogP contribution in [0.2, 0.25) is 10.0 Å². The fourth-order valence-electron chi connectivity index (χ4n) is 2.16. The lowest BCUT2D eigenvalue weighted by Gasteiger charge is -2.29. The summed E-state index contributed by atoms with van der Waals surface area (Å²) >= 11 is 11.8. The van der Waals surface area contributed by atoms with Gasteiger partial charge >= 0.3 is 0 Å². The van der Waals surface area contributed by atoms with Crippen LogP contribution in [0.5, 0.6) is 0 Å². The monoisotopic (exact) mass is 257 g/mol. The number of hydrogen-bond acceptors (Lipinski definition) is 1. The Morgan fingerprint density at radius 3 is 2.62 bits per heavy atom. The van der Waals surface area contributed by atoms with E-state index in [0.29, 0.717) is 16.1 Å². The van der Waals surface area contributed by atoms with Gasteiger partial charge in [0.05, 0.1) is 10.0 Å². The molecule has 0 saturated heterocycles. The summed E-state index contributed by atoms with van der Waals surface area (Å²) in [6, 6.07) is 6.21. The van der Waals surface area contributed by atoms with E-state index in [1.807, 2.05) is 18.2 Å². The first kappa shape index (κ1) is 12.1. The molecular weight excluding hydrogens is 241 g/mol. The SMILES string of the molecule is CC(CC1CCC1)Nc1ccc(Cl)c(Cl)c1. The molecule has 16 heavy (non-hydrogen) atoms. The Labute approximate surface area is 107 Å². The van der Waals surface area contributed by atoms with Crippen molar-refractivity contribution in [2.75, 3.05) is 5.32 Å². The third-order valence-corrected chi connectivity index (χ3v) is 3.98. The lowest BCUT2D eigenvalue weighted by Crippen LogP contribution is -2.23. The van der Waals surface area contributed by atoms with Crippen LogP contribution in [0.1, 0.15) is 32.6 Å². The highest BCUT2D eigenvalue weighted by Gasteiger charge is 2.19. The number of nitrogens with one attached hydrogen (secondary N) is 1. The Morgan fingerprint density at radius 1 is 1.31 bits per heavy atom. The third-order valence-electron chi connectivity index (χ3n) is 3.24. The van der Waals surface area contributed by atoms with Gasteiger partial charge in [0.15, 0.2) is 0 Å². The molecule has 1 aromatic rings. The molecule has 1 N–H and O–H groups in total. The summed E-state index contributed by atoms with van der Waals surface area (Å²) in [5.74, 6) is 0.922. The minimum Gasteiger partial charge on any atom is -0.383 e. The molecule has 3 heteroatoms. The second kappa shape index (κ2) is 5.29. The van der Waals surface area contributed by atoms with Gasteiger partial charge in [0.1, 0.15) is 0 Å². The number of rotatable bonds is 4. The molecule has 1 unspecified atom stereocenters. The molecule has 1 nitrogen and oxygen atoms in total. The van der Waals surface area contributed by atoms with Crippen molar-refractivity contribution in [1.29, 1.82) is 0 Å². The Hall–Kier alpha value is -0.400. The van der Waals surface area contributed by atoms with E-state index in [9.17, 15) is 0 Å². The average molecular weight is 258 g/mol. The van der Waals surface area contributed by atoms with Gasteiger partial charge in [0.2, 0.25) is 0 Å². The van der Waals surface area contributed by atoms with Crippen LogP contribution in [0.4, 0.5) is 5.69 Å². The van der Waals surface area contributed by atoms with Crippen molar-refractivity contribution in [3.63, 3.8) is 0 Å². The van der Waals surface area contributed by atoms with Gasteiger partial charge in [-0.2, -0.15) is 0 Å². The molecule has 0 amide bonds. The first-order chi connectivity index (χ1) is 7.65. The average Bonchev–Trinajstić information content (AvgIpc) is 2.18. The highest BCUT2D eigenvalue weighted by atomic mass is 35.5. The molecule has 0 spiro atoms. The summed E-state index contributed by atoms with van der Waals surface area (Å²) in [6.45, 7) is 2.22. The molecule has 1 aliphatic carbocycles. The lowest BCUT2D eigenvalue weighted by atomic mass is 9.81. The van der Waals surface area contributed by atoms with Gasteiger partial charge in [-0.3, -0.25) is 0 Å². The molecule has 0 heterocycles. The second-order valence-electron chi connectivity index (χ2n) is 4.71. The van der Waals surface area contributed by atoms with Crippen molar-refractivity contribution in [3.8, 4) is 0 Å². The lowest BCUT2D eigenvalue weighted by molar-refractivity contribution is 0.286. The van der Waals surface area contributed by atoms with Crippen molar-refractivity contribution in [2.24, 2.45) is 5.92 Å². The van der Waals surface area contributed by atoms with Crippen molar-refractivity contribution >= 4 is 28.9 Å². The molecule has 2 rings (SSSR count). The summed E-state index contributed by atoms with van der Waals surface area (Å²) in [5.41, 5.74) is 1.06. The van der Waals surface area contributed by atoms with Gasteiger partial charge in [-0.1, -0.05) is 42.5 Å². The highest BCUT2D eigenvalue weighted by Crippen LogP contribution is 2.31. The standard InChI is InChI=1S/C13H17Cl2N/c1-9(7-10-3-2-4-10)16-11-5-6-12(14)13(15)8-11/h5-6,8-10,16H,2-4,7H2,1H3. The Kier molecular flexibility index (Phi) is 3.99. The van der Waals surface area contributed by atoms with E-state index in [-0.39, 0.29) is 0 Å². The zero-order valence-electron chi connectivity index (χ0n) is 9.47. The molecule has 0 aliphatic heterocycles. The maximum atomic E-state index is 5.97. The van der Waals surface area contributed by atoms with E-state index >= 15 is 0 Å². The van der Waals surface area contributed by atoms with Gasteiger partial charge in [-0.25, -0.2) is 0 Å². The molecule has 1 saturated carbocycles. The van der Waals surface area contributed by atoms with E-state index in [2.05, 4.69) is 12.2 Å². The summed E-state index contributed by atoms with van der Waals surface area (Å²) < 4.78 is 0. The Bertz CT molecular complexity index is 361. The van der Waals surface area contributed by atoms with Crippen LogP contribution in [0, 0.1) is 5.92 Å². The van der Waals surface area contributed by atoms with Gasteiger partial charge in [0, 0.05) is 11.7 Å². The quantitative estimate of drug-likeness (QED) is 0.802. The zero-order valence-corrected chi connectivity index (χ0v) is 11.0. The maximum Gasteiger partial charge on any atom is 0.0612 e. The molecule has 0 aromatic heterocycles. The predicted molar refractivity (Wildman–Crippen MR) is 71.5 cm³/mol. The second-order valence-corrected chi connectivity index (χ2v) is 5.52. The van der Waals surface area contributed by atoms with Gasteiger partial charge in [0.25, 0.3) is 0 Å². The third kappa shape index (κ3) is 3.05. The largest absolute Gasteiger partial charge is 0.383 e. The number of anilines is 1.